The van der Waals surface area contributed by atoms with Crippen LogP contribution in [0.3, 0.4) is 0 Å². The summed E-state index contributed by atoms with van der Waals surface area (Å²) in [5.41, 5.74) is 2.34. The smallest absolute Gasteiger partial charge is 0.106 e. The van der Waals surface area contributed by atoms with Gasteiger partial charge in [-0.2, -0.15) is 0 Å². The molecule has 5 atom stereocenters. The molecule has 1 aromatic heterocycles. The third-order valence-corrected chi connectivity index (χ3v) is 6.13. The van der Waals surface area contributed by atoms with Gasteiger partial charge in [0.1, 0.15) is 5.82 Å². The van der Waals surface area contributed by atoms with Gasteiger partial charge >= 0.3 is 0 Å². The molecule has 5 rings (SSSR count). The molecule has 4 nitrogen and oxygen atoms in total. The number of para-hydroxylation sites is 2. The first-order chi connectivity index (χ1) is 10.8. The summed E-state index contributed by atoms with van der Waals surface area (Å²) < 4.78 is 8.37. The molecule has 2 aliphatic carbocycles. The predicted octanol–water partition coefficient (Wildman–Crippen LogP) is 2.36. The van der Waals surface area contributed by atoms with E-state index in [1.165, 1.54) is 18.4 Å². The van der Waals surface area contributed by atoms with Crippen LogP contribution in [0.4, 0.5) is 0 Å². The maximum absolute atomic E-state index is 6.04. The number of ether oxygens (including phenoxy) is 1. The van der Waals surface area contributed by atoms with E-state index in [4.69, 9.17) is 4.74 Å². The van der Waals surface area contributed by atoms with E-state index in [2.05, 4.69) is 46.1 Å². The molecular weight excluding hydrogens is 274 g/mol. The van der Waals surface area contributed by atoms with E-state index in [1.807, 2.05) is 0 Å². The second kappa shape index (κ2) is 4.80. The number of imidazole rings is 1. The van der Waals surface area contributed by atoms with E-state index in [1.54, 1.807) is 0 Å². The largest absolute Gasteiger partial charge is 0.376 e. The third kappa shape index (κ3) is 1.80. The summed E-state index contributed by atoms with van der Waals surface area (Å²) in [6, 6.07) is 8.99. The Kier molecular flexibility index (Phi) is 2.86. The highest BCUT2D eigenvalue weighted by Gasteiger charge is 2.56. The van der Waals surface area contributed by atoms with Crippen LogP contribution in [0.5, 0.6) is 0 Å². The fourth-order valence-corrected chi connectivity index (χ4v) is 5.19. The van der Waals surface area contributed by atoms with Crippen LogP contribution < -0.4 is 5.32 Å². The first kappa shape index (κ1) is 13.1. The average Bonchev–Trinajstić information content (AvgIpc) is 3.20. The van der Waals surface area contributed by atoms with Gasteiger partial charge in [0.05, 0.1) is 23.7 Å². The molecule has 0 spiro atoms. The Balaban J connectivity index is 1.29. The SMILES string of the molecule is Cc1nc2ccccc2n1CCNC1[C@@H]2C[C@@H]3CO[C@H]1[C@H]3C2. The van der Waals surface area contributed by atoms with E-state index < -0.39 is 0 Å². The second-order valence-corrected chi connectivity index (χ2v) is 7.23. The fourth-order valence-electron chi connectivity index (χ4n) is 5.19. The number of aromatic nitrogens is 2. The standard InChI is InChI=1S/C18H23N3O/c1-11-20-15-4-2-3-5-16(15)21(11)7-6-19-17-12-8-13-10-22-18(17)14(13)9-12/h2-5,12-14,17-19H,6-10H2,1H3/t12-,13-,14+,17?,18+/m1/s1. The van der Waals surface area contributed by atoms with Crippen molar-refractivity contribution in [2.45, 2.75) is 38.5 Å². The van der Waals surface area contributed by atoms with Gasteiger partial charge in [-0.1, -0.05) is 12.1 Å². The van der Waals surface area contributed by atoms with Gasteiger partial charge < -0.3 is 14.6 Å². The van der Waals surface area contributed by atoms with Crippen LogP contribution in [0.25, 0.3) is 11.0 Å². The fraction of sp³-hybridized carbons (Fsp3) is 0.611. The number of hydrogen-bond donors (Lipinski definition) is 1. The Bertz CT molecular complexity index is 707. The summed E-state index contributed by atoms with van der Waals surface area (Å²) in [5.74, 6) is 3.67. The quantitative estimate of drug-likeness (QED) is 0.941. The lowest BCUT2D eigenvalue weighted by Crippen LogP contribution is -2.44. The zero-order valence-electron chi connectivity index (χ0n) is 13.0. The Morgan fingerprint density at radius 2 is 2.18 bits per heavy atom. The molecule has 1 saturated heterocycles. The van der Waals surface area contributed by atoms with Crippen molar-refractivity contribution in [3.63, 3.8) is 0 Å². The van der Waals surface area contributed by atoms with Gasteiger partial charge in [-0.25, -0.2) is 4.98 Å². The lowest BCUT2D eigenvalue weighted by atomic mass is 9.87. The van der Waals surface area contributed by atoms with Crippen molar-refractivity contribution in [1.82, 2.24) is 14.9 Å². The Labute approximate surface area is 130 Å². The van der Waals surface area contributed by atoms with Crippen molar-refractivity contribution < 1.29 is 4.74 Å². The zero-order valence-corrected chi connectivity index (χ0v) is 13.0. The highest BCUT2D eigenvalue weighted by atomic mass is 16.5. The number of benzene rings is 1. The lowest BCUT2D eigenvalue weighted by Gasteiger charge is -2.27. The van der Waals surface area contributed by atoms with E-state index >= 15 is 0 Å². The van der Waals surface area contributed by atoms with Gasteiger partial charge in [-0.3, -0.25) is 0 Å². The third-order valence-electron chi connectivity index (χ3n) is 6.13. The second-order valence-electron chi connectivity index (χ2n) is 7.23. The van der Waals surface area contributed by atoms with Crippen molar-refractivity contribution in [3.05, 3.63) is 30.1 Å². The molecule has 1 unspecified atom stereocenters. The summed E-state index contributed by atoms with van der Waals surface area (Å²) in [7, 11) is 0. The van der Waals surface area contributed by atoms with Crippen LogP contribution in [0, 0.1) is 24.7 Å². The molecule has 3 aliphatic rings. The number of aryl methyl sites for hydroxylation is 1. The maximum atomic E-state index is 6.04. The normalized spacial score (nSPS) is 35.8. The molecule has 4 heteroatoms. The van der Waals surface area contributed by atoms with E-state index in [-0.39, 0.29) is 0 Å². The zero-order chi connectivity index (χ0) is 14.7. The van der Waals surface area contributed by atoms with Crippen molar-refractivity contribution >= 4 is 11.0 Å². The number of fused-ring (bicyclic) bond motifs is 2. The molecule has 2 heterocycles. The minimum atomic E-state index is 0.490. The van der Waals surface area contributed by atoms with Crippen LogP contribution in [0.15, 0.2) is 24.3 Å². The number of nitrogens with zero attached hydrogens (tertiary/aromatic N) is 2. The van der Waals surface area contributed by atoms with Crippen molar-refractivity contribution in [1.29, 1.82) is 0 Å². The van der Waals surface area contributed by atoms with Crippen LogP contribution in [-0.4, -0.2) is 34.8 Å². The average molecular weight is 297 g/mol. The van der Waals surface area contributed by atoms with E-state index in [9.17, 15) is 0 Å². The lowest BCUT2D eigenvalue weighted by molar-refractivity contribution is 0.0759. The summed E-state index contributed by atoms with van der Waals surface area (Å²) in [4.78, 5) is 4.65. The van der Waals surface area contributed by atoms with Crippen LogP contribution in [0.1, 0.15) is 18.7 Å². The molecule has 2 aromatic rings. The highest BCUT2D eigenvalue weighted by Crippen LogP contribution is 2.53. The molecule has 1 N–H and O–H groups in total. The van der Waals surface area contributed by atoms with Crippen LogP contribution in [-0.2, 0) is 11.3 Å². The summed E-state index contributed by atoms with van der Waals surface area (Å²) in [5, 5.41) is 3.80. The molecule has 1 aromatic carbocycles. The molecule has 22 heavy (non-hydrogen) atoms. The van der Waals surface area contributed by atoms with Gasteiger partial charge in [0.15, 0.2) is 0 Å². The van der Waals surface area contributed by atoms with Gasteiger partial charge in [-0.15, -0.1) is 0 Å². The summed E-state index contributed by atoms with van der Waals surface area (Å²) in [6.07, 6.45) is 3.26. The molecule has 2 bridgehead atoms. The predicted molar refractivity (Wildman–Crippen MR) is 85.7 cm³/mol. The van der Waals surface area contributed by atoms with Gasteiger partial charge in [0.25, 0.3) is 0 Å². The van der Waals surface area contributed by atoms with E-state index in [0.29, 0.717) is 12.1 Å². The Hall–Kier alpha value is -1.39. The minimum Gasteiger partial charge on any atom is -0.376 e. The Morgan fingerprint density at radius 1 is 1.27 bits per heavy atom. The Morgan fingerprint density at radius 3 is 3.14 bits per heavy atom. The first-order valence-electron chi connectivity index (χ1n) is 8.58. The molecular formula is C18H23N3O. The molecule has 1 aliphatic heterocycles. The van der Waals surface area contributed by atoms with Gasteiger partial charge in [-0.05, 0) is 49.7 Å². The molecule has 116 valence electrons. The van der Waals surface area contributed by atoms with Crippen LogP contribution >= 0.6 is 0 Å². The maximum Gasteiger partial charge on any atom is 0.106 e. The monoisotopic (exact) mass is 297 g/mol. The van der Waals surface area contributed by atoms with Crippen molar-refractivity contribution in [3.8, 4) is 0 Å². The van der Waals surface area contributed by atoms with Gasteiger partial charge in [0, 0.05) is 19.1 Å². The molecule has 0 radical (unpaired) electrons. The molecule has 2 saturated carbocycles. The minimum absolute atomic E-state index is 0.490. The number of hydrogen-bond acceptors (Lipinski definition) is 3. The summed E-state index contributed by atoms with van der Waals surface area (Å²) in [6.45, 7) is 5.09. The van der Waals surface area contributed by atoms with E-state index in [0.717, 1.165) is 48.8 Å². The number of rotatable bonds is 4. The first-order valence-corrected chi connectivity index (χ1v) is 8.58. The number of nitrogens with one attached hydrogen (secondary N) is 1. The van der Waals surface area contributed by atoms with Crippen LogP contribution in [0.2, 0.25) is 0 Å². The molecule has 0 amide bonds. The van der Waals surface area contributed by atoms with Crippen molar-refractivity contribution in [2.75, 3.05) is 13.2 Å². The highest BCUT2D eigenvalue weighted by molar-refractivity contribution is 5.75. The van der Waals surface area contributed by atoms with Gasteiger partial charge in [0.2, 0.25) is 0 Å². The van der Waals surface area contributed by atoms with Crippen molar-refractivity contribution in [2.24, 2.45) is 17.8 Å². The molecule has 3 fully saturated rings. The topological polar surface area (TPSA) is 39.1 Å². The summed E-state index contributed by atoms with van der Waals surface area (Å²) >= 11 is 0.